The Hall–Kier alpha value is -0.830. The van der Waals surface area contributed by atoms with Gasteiger partial charge < -0.3 is 9.84 Å². The third-order valence-electron chi connectivity index (χ3n) is 14.0. The summed E-state index contributed by atoms with van der Waals surface area (Å²) >= 11 is 0. The van der Waals surface area contributed by atoms with E-state index in [1.807, 2.05) is 7.11 Å². The lowest BCUT2D eigenvalue weighted by Gasteiger charge is -2.73. The van der Waals surface area contributed by atoms with Gasteiger partial charge in [0.1, 0.15) is 0 Å². The van der Waals surface area contributed by atoms with Gasteiger partial charge in [-0.15, -0.1) is 0 Å². The summed E-state index contributed by atoms with van der Waals surface area (Å²) in [6.45, 7) is 19.6. The average molecular weight is 485 g/mol. The Morgan fingerprint density at radius 3 is 2.23 bits per heavy atom. The standard InChI is InChI=1S/C32H52O3/c1-20(2)21-11-16-32(19-26(33)34)18-17-30(6)22(27(21)32)9-10-24-29(5)14-13-25(35-8)28(3,4)23(29)12-15-31(24,30)7/h21-25,27H,1,9-19H2,2-8H3,(H,33,34)/t21-,22?,23?,24?,25-,27?,29-,30+,31+,32+/m0/s1. The van der Waals surface area contributed by atoms with Crippen LogP contribution in [-0.4, -0.2) is 24.3 Å². The largest absolute Gasteiger partial charge is 0.481 e. The van der Waals surface area contributed by atoms with Crippen molar-refractivity contribution in [3.8, 4) is 0 Å². The summed E-state index contributed by atoms with van der Waals surface area (Å²) < 4.78 is 6.04. The van der Waals surface area contributed by atoms with Crippen molar-refractivity contribution in [1.29, 1.82) is 0 Å². The van der Waals surface area contributed by atoms with E-state index in [-0.39, 0.29) is 16.2 Å². The minimum atomic E-state index is -0.592. The van der Waals surface area contributed by atoms with Crippen LogP contribution in [0.2, 0.25) is 0 Å². The van der Waals surface area contributed by atoms with Crippen molar-refractivity contribution in [3.63, 3.8) is 0 Å². The Kier molecular flexibility index (Phi) is 5.96. The van der Waals surface area contributed by atoms with Crippen molar-refractivity contribution in [3.05, 3.63) is 12.2 Å². The molecule has 0 aromatic carbocycles. The highest BCUT2D eigenvalue weighted by Gasteiger charge is 2.71. The Bertz CT molecular complexity index is 891. The summed E-state index contributed by atoms with van der Waals surface area (Å²) in [5, 5.41) is 9.95. The molecule has 35 heavy (non-hydrogen) atoms. The first-order valence-electron chi connectivity index (χ1n) is 14.7. The quantitative estimate of drug-likeness (QED) is 0.410. The molecule has 1 N–H and O–H groups in total. The molecule has 0 bridgehead atoms. The molecular formula is C32H52O3. The molecule has 3 heteroatoms. The van der Waals surface area contributed by atoms with E-state index in [2.05, 4.69) is 48.1 Å². The van der Waals surface area contributed by atoms with Crippen LogP contribution in [-0.2, 0) is 9.53 Å². The summed E-state index contributed by atoms with van der Waals surface area (Å²) in [7, 11) is 1.92. The first-order valence-corrected chi connectivity index (χ1v) is 14.7. The Morgan fingerprint density at radius 1 is 0.886 bits per heavy atom. The molecule has 0 radical (unpaired) electrons. The number of rotatable bonds is 4. The topological polar surface area (TPSA) is 46.5 Å². The first-order chi connectivity index (χ1) is 16.3. The molecule has 0 amide bonds. The number of hydrogen-bond acceptors (Lipinski definition) is 2. The minimum absolute atomic E-state index is 0.0115. The molecule has 0 aromatic heterocycles. The van der Waals surface area contributed by atoms with E-state index < -0.39 is 5.97 Å². The summed E-state index contributed by atoms with van der Waals surface area (Å²) in [6, 6.07) is 0. The highest BCUT2D eigenvalue weighted by Crippen LogP contribution is 2.77. The lowest BCUT2D eigenvalue weighted by Crippen LogP contribution is -2.66. The fraction of sp³-hybridized carbons (Fsp3) is 0.906. The number of ether oxygens (including phenoxy) is 1. The molecule has 10 atom stereocenters. The molecule has 0 saturated heterocycles. The zero-order valence-electron chi connectivity index (χ0n) is 23.7. The Balaban J connectivity index is 1.54. The van der Waals surface area contributed by atoms with E-state index in [9.17, 15) is 9.90 Å². The molecule has 5 aliphatic carbocycles. The zero-order valence-corrected chi connectivity index (χ0v) is 23.7. The number of carboxylic acid groups (broad SMARTS) is 1. The van der Waals surface area contributed by atoms with Gasteiger partial charge >= 0.3 is 5.97 Å². The van der Waals surface area contributed by atoms with Crippen molar-refractivity contribution < 1.29 is 14.6 Å². The molecule has 0 aliphatic heterocycles. The normalized spacial score (nSPS) is 52.5. The Labute approximate surface area is 214 Å². The third-order valence-corrected chi connectivity index (χ3v) is 14.0. The van der Waals surface area contributed by atoms with Gasteiger partial charge in [-0.25, -0.2) is 0 Å². The van der Waals surface area contributed by atoms with E-state index >= 15 is 0 Å². The molecule has 0 heterocycles. The van der Waals surface area contributed by atoms with Crippen molar-refractivity contribution in [2.24, 2.45) is 56.7 Å². The van der Waals surface area contributed by atoms with Crippen LogP contribution >= 0.6 is 0 Å². The molecule has 5 saturated carbocycles. The van der Waals surface area contributed by atoms with Gasteiger partial charge in [-0.1, -0.05) is 46.8 Å². The number of aliphatic carboxylic acids is 1. The zero-order chi connectivity index (χ0) is 25.6. The molecule has 0 spiro atoms. The van der Waals surface area contributed by atoms with Crippen molar-refractivity contribution in [1.82, 2.24) is 0 Å². The maximum atomic E-state index is 12.1. The summed E-state index contributed by atoms with van der Waals surface area (Å²) in [4.78, 5) is 12.1. The van der Waals surface area contributed by atoms with Crippen molar-refractivity contribution >= 4 is 5.97 Å². The predicted molar refractivity (Wildman–Crippen MR) is 142 cm³/mol. The van der Waals surface area contributed by atoms with E-state index in [1.165, 1.54) is 50.5 Å². The fourth-order valence-corrected chi connectivity index (χ4v) is 12.3. The molecular weight excluding hydrogens is 432 g/mol. The van der Waals surface area contributed by atoms with Crippen LogP contribution in [0.1, 0.15) is 112 Å². The summed E-state index contributed by atoms with van der Waals surface area (Å²) in [6.07, 6.45) is 13.0. The summed E-state index contributed by atoms with van der Waals surface area (Å²) in [5.74, 6) is 2.51. The van der Waals surface area contributed by atoms with Gasteiger partial charge in [-0.2, -0.15) is 0 Å². The summed E-state index contributed by atoms with van der Waals surface area (Å²) in [5.41, 5.74) is 2.50. The van der Waals surface area contributed by atoms with Gasteiger partial charge in [0.2, 0.25) is 0 Å². The van der Waals surface area contributed by atoms with Crippen LogP contribution in [0, 0.1) is 56.7 Å². The van der Waals surface area contributed by atoms with Gasteiger partial charge in [-0.05, 0) is 128 Å². The SMILES string of the molecule is C=C(C)[C@@H]1CC[C@]2(CC(=O)O)CC[C@]3(C)C(CCC4[C@@]5(C)CC[C@H](OC)C(C)(C)C5CC[C@]43C)C12. The van der Waals surface area contributed by atoms with Crippen molar-refractivity contribution in [2.45, 2.75) is 118 Å². The van der Waals surface area contributed by atoms with Gasteiger partial charge in [0, 0.05) is 7.11 Å². The minimum Gasteiger partial charge on any atom is -0.481 e. The van der Waals surface area contributed by atoms with Crippen LogP contribution in [0.15, 0.2) is 12.2 Å². The molecule has 0 aromatic rings. The maximum absolute atomic E-state index is 12.1. The molecule has 5 rings (SSSR count). The number of allylic oxidation sites excluding steroid dienone is 1. The second kappa shape index (κ2) is 8.08. The van der Waals surface area contributed by atoms with Crippen LogP contribution in [0.5, 0.6) is 0 Å². The third kappa shape index (κ3) is 3.28. The lowest BCUT2D eigenvalue weighted by molar-refractivity contribution is -0.249. The number of fused-ring (bicyclic) bond motifs is 7. The van der Waals surface area contributed by atoms with Gasteiger partial charge in [0.15, 0.2) is 0 Å². The van der Waals surface area contributed by atoms with Crippen LogP contribution < -0.4 is 0 Å². The molecule has 3 nitrogen and oxygen atoms in total. The highest BCUT2D eigenvalue weighted by molar-refractivity contribution is 5.68. The first kappa shape index (κ1) is 25.8. The maximum Gasteiger partial charge on any atom is 0.303 e. The second-order valence-electron chi connectivity index (χ2n) is 15.2. The fourth-order valence-electron chi connectivity index (χ4n) is 12.3. The van der Waals surface area contributed by atoms with E-state index in [0.29, 0.717) is 41.1 Å². The molecule has 5 fully saturated rings. The Morgan fingerprint density at radius 2 is 1.60 bits per heavy atom. The molecule has 4 unspecified atom stereocenters. The molecule has 198 valence electrons. The predicted octanol–water partition coefficient (Wildman–Crippen LogP) is 8.13. The number of methoxy groups -OCH3 is 1. The van der Waals surface area contributed by atoms with Gasteiger partial charge in [-0.3, -0.25) is 4.79 Å². The lowest BCUT2D eigenvalue weighted by atomic mass is 9.32. The highest BCUT2D eigenvalue weighted by atomic mass is 16.5. The van der Waals surface area contributed by atoms with Crippen LogP contribution in [0.25, 0.3) is 0 Å². The van der Waals surface area contributed by atoms with Gasteiger partial charge in [0.25, 0.3) is 0 Å². The number of hydrogen-bond donors (Lipinski definition) is 1. The number of carbonyl (C=O) groups is 1. The van der Waals surface area contributed by atoms with Crippen LogP contribution in [0.4, 0.5) is 0 Å². The monoisotopic (exact) mass is 484 g/mol. The van der Waals surface area contributed by atoms with E-state index in [0.717, 1.165) is 31.1 Å². The van der Waals surface area contributed by atoms with E-state index in [4.69, 9.17) is 4.74 Å². The van der Waals surface area contributed by atoms with Gasteiger partial charge in [0.05, 0.1) is 12.5 Å². The second-order valence-corrected chi connectivity index (χ2v) is 15.2. The number of carboxylic acids is 1. The molecule has 5 aliphatic rings. The van der Waals surface area contributed by atoms with Crippen LogP contribution in [0.3, 0.4) is 0 Å². The average Bonchev–Trinajstić information content (AvgIpc) is 3.13. The van der Waals surface area contributed by atoms with Crippen molar-refractivity contribution in [2.75, 3.05) is 7.11 Å². The van der Waals surface area contributed by atoms with E-state index in [1.54, 1.807) is 0 Å². The smallest absolute Gasteiger partial charge is 0.303 e.